The van der Waals surface area contributed by atoms with Crippen LogP contribution < -0.4 is 0 Å². The summed E-state index contributed by atoms with van der Waals surface area (Å²) in [7, 11) is 0. The fourth-order valence-corrected chi connectivity index (χ4v) is 1.61. The van der Waals surface area contributed by atoms with Crippen LogP contribution >= 0.6 is 0 Å². The largest absolute Gasteiger partial charge is 0.377 e. The maximum absolute atomic E-state index is 12.0. The minimum Gasteiger partial charge on any atom is -0.377 e. The van der Waals surface area contributed by atoms with Crippen LogP contribution in [-0.2, 0) is 9.53 Å². The Balaban J connectivity index is 2.17. The molecule has 83 valence electrons. The Hall–Kier alpha value is -1.75. The number of rotatable bonds is 3. The monoisotopic (exact) mass is 219 g/mol. The molecule has 1 radical (unpaired) electrons. The number of nitrogens with zero attached hydrogens (tertiary/aromatic N) is 2. The number of morpholine rings is 1. The number of pyridine rings is 1. The second-order valence-corrected chi connectivity index (χ2v) is 3.45. The SMILES string of the molecule is O=[C]N1CCOCC1C(=O)c1ccccn1. The summed E-state index contributed by atoms with van der Waals surface area (Å²) in [5.41, 5.74) is 0.346. The first kappa shape index (κ1) is 10.8. The number of Topliss-reactive ketones (excluding diaryl/α,β-unsaturated/α-hetero) is 1. The molecule has 0 saturated carbocycles. The molecule has 1 amide bonds. The van der Waals surface area contributed by atoms with Crippen LogP contribution in [0.2, 0.25) is 0 Å². The van der Waals surface area contributed by atoms with Crippen molar-refractivity contribution in [1.29, 1.82) is 0 Å². The summed E-state index contributed by atoms with van der Waals surface area (Å²) in [6, 6.07) is 4.50. The van der Waals surface area contributed by atoms with Crippen LogP contribution in [-0.4, -0.2) is 47.9 Å². The van der Waals surface area contributed by atoms with Crippen LogP contribution in [0, 0.1) is 0 Å². The van der Waals surface area contributed by atoms with E-state index in [9.17, 15) is 9.59 Å². The van der Waals surface area contributed by atoms with Gasteiger partial charge in [0, 0.05) is 12.7 Å². The molecule has 0 aliphatic carbocycles. The van der Waals surface area contributed by atoms with Gasteiger partial charge in [0.05, 0.1) is 13.2 Å². The lowest BCUT2D eigenvalue weighted by Gasteiger charge is -2.30. The van der Waals surface area contributed by atoms with E-state index < -0.39 is 6.04 Å². The van der Waals surface area contributed by atoms with Crippen LogP contribution in [0.4, 0.5) is 0 Å². The Morgan fingerprint density at radius 2 is 2.44 bits per heavy atom. The molecule has 1 aromatic rings. The Bertz CT molecular complexity index is 380. The van der Waals surface area contributed by atoms with Gasteiger partial charge in [0.2, 0.25) is 5.78 Å². The van der Waals surface area contributed by atoms with Crippen LogP contribution in [0.1, 0.15) is 10.5 Å². The van der Waals surface area contributed by atoms with E-state index in [2.05, 4.69) is 4.98 Å². The first-order chi connectivity index (χ1) is 7.83. The van der Waals surface area contributed by atoms with Gasteiger partial charge in [-0.05, 0) is 12.1 Å². The summed E-state index contributed by atoms with van der Waals surface area (Å²) in [4.78, 5) is 28.0. The van der Waals surface area contributed by atoms with Crippen molar-refractivity contribution in [3.8, 4) is 0 Å². The maximum atomic E-state index is 12.0. The van der Waals surface area contributed by atoms with E-state index in [4.69, 9.17) is 4.74 Å². The molecular weight excluding hydrogens is 208 g/mol. The van der Waals surface area contributed by atoms with Gasteiger partial charge in [-0.1, -0.05) is 6.07 Å². The normalized spacial score (nSPS) is 20.5. The molecule has 1 aliphatic heterocycles. The van der Waals surface area contributed by atoms with E-state index in [1.807, 2.05) is 0 Å². The molecule has 1 atom stereocenters. The molecular formula is C11H11N2O3. The molecule has 5 heteroatoms. The van der Waals surface area contributed by atoms with Gasteiger partial charge < -0.3 is 9.64 Å². The number of ketones is 1. The highest BCUT2D eigenvalue weighted by Crippen LogP contribution is 2.10. The van der Waals surface area contributed by atoms with Crippen molar-refractivity contribution in [2.75, 3.05) is 19.8 Å². The molecule has 1 aliphatic rings. The number of amides is 1. The lowest BCUT2D eigenvalue weighted by molar-refractivity contribution is 0.0249. The lowest BCUT2D eigenvalue weighted by atomic mass is 10.1. The van der Waals surface area contributed by atoms with Crippen LogP contribution in [0.3, 0.4) is 0 Å². The summed E-state index contributed by atoms with van der Waals surface area (Å²) >= 11 is 0. The third kappa shape index (κ3) is 2.09. The van der Waals surface area contributed by atoms with Gasteiger partial charge in [-0.25, -0.2) is 0 Å². The summed E-state index contributed by atoms with van der Waals surface area (Å²) in [5.74, 6) is -0.205. The van der Waals surface area contributed by atoms with Crippen molar-refractivity contribution in [2.24, 2.45) is 0 Å². The Morgan fingerprint density at radius 3 is 3.12 bits per heavy atom. The Labute approximate surface area is 93.0 Å². The summed E-state index contributed by atoms with van der Waals surface area (Å²) in [6.45, 7) is 1.05. The van der Waals surface area contributed by atoms with E-state index >= 15 is 0 Å². The molecule has 0 bridgehead atoms. The van der Waals surface area contributed by atoms with E-state index in [0.717, 1.165) is 0 Å². The van der Waals surface area contributed by atoms with Gasteiger partial charge in [0.15, 0.2) is 0 Å². The minimum atomic E-state index is -0.596. The van der Waals surface area contributed by atoms with E-state index in [1.165, 1.54) is 4.90 Å². The van der Waals surface area contributed by atoms with Crippen molar-refractivity contribution in [1.82, 2.24) is 9.88 Å². The molecule has 2 heterocycles. The predicted molar refractivity (Wildman–Crippen MR) is 55.6 cm³/mol. The van der Waals surface area contributed by atoms with E-state index in [1.54, 1.807) is 30.8 Å². The van der Waals surface area contributed by atoms with Crippen LogP contribution in [0.15, 0.2) is 24.4 Å². The fraction of sp³-hybridized carbons (Fsp3) is 0.364. The van der Waals surface area contributed by atoms with Gasteiger partial charge in [0.25, 0.3) is 0 Å². The molecule has 0 N–H and O–H groups in total. The van der Waals surface area contributed by atoms with Crippen LogP contribution in [0.5, 0.6) is 0 Å². The molecule has 16 heavy (non-hydrogen) atoms. The number of hydrogen-bond donors (Lipinski definition) is 0. The molecule has 0 aromatic carbocycles. The first-order valence-corrected chi connectivity index (χ1v) is 5.00. The second-order valence-electron chi connectivity index (χ2n) is 3.45. The first-order valence-electron chi connectivity index (χ1n) is 5.00. The van der Waals surface area contributed by atoms with Gasteiger partial charge >= 0.3 is 6.41 Å². The number of aromatic nitrogens is 1. The van der Waals surface area contributed by atoms with Crippen molar-refractivity contribution >= 4 is 12.2 Å². The zero-order valence-electron chi connectivity index (χ0n) is 8.63. The van der Waals surface area contributed by atoms with Crippen molar-refractivity contribution in [3.05, 3.63) is 30.1 Å². The number of hydrogen-bond acceptors (Lipinski definition) is 4. The quantitative estimate of drug-likeness (QED) is 0.673. The van der Waals surface area contributed by atoms with Crippen LogP contribution in [0.25, 0.3) is 0 Å². The molecule has 1 aromatic heterocycles. The molecule has 0 spiro atoms. The zero-order chi connectivity index (χ0) is 11.4. The van der Waals surface area contributed by atoms with E-state index in [-0.39, 0.29) is 12.4 Å². The number of carbonyl (C=O) groups is 1. The van der Waals surface area contributed by atoms with E-state index in [0.29, 0.717) is 18.8 Å². The summed E-state index contributed by atoms with van der Waals surface area (Å²) in [6.07, 6.45) is 3.31. The van der Waals surface area contributed by atoms with Gasteiger partial charge in [0.1, 0.15) is 11.7 Å². The molecule has 2 rings (SSSR count). The number of ether oxygens (including phenoxy) is 1. The smallest absolute Gasteiger partial charge is 0.312 e. The number of carbonyl (C=O) groups excluding carboxylic acids is 2. The molecule has 1 saturated heterocycles. The summed E-state index contributed by atoms with van der Waals surface area (Å²) in [5, 5.41) is 0. The molecule has 5 nitrogen and oxygen atoms in total. The highest BCUT2D eigenvalue weighted by Gasteiger charge is 2.30. The average molecular weight is 219 g/mol. The average Bonchev–Trinajstić information content (AvgIpc) is 2.39. The minimum absolute atomic E-state index is 0.205. The third-order valence-electron chi connectivity index (χ3n) is 2.47. The highest BCUT2D eigenvalue weighted by atomic mass is 16.5. The molecule has 1 fully saturated rings. The fourth-order valence-electron chi connectivity index (χ4n) is 1.61. The van der Waals surface area contributed by atoms with Crippen molar-refractivity contribution in [3.63, 3.8) is 0 Å². The predicted octanol–water partition coefficient (Wildman–Crippen LogP) is 0.0323. The van der Waals surface area contributed by atoms with Crippen molar-refractivity contribution < 1.29 is 14.3 Å². The topological polar surface area (TPSA) is 59.5 Å². The van der Waals surface area contributed by atoms with Gasteiger partial charge in [-0.3, -0.25) is 14.6 Å². The highest BCUT2D eigenvalue weighted by molar-refractivity contribution is 5.99. The summed E-state index contributed by atoms with van der Waals surface area (Å²) < 4.78 is 5.19. The lowest BCUT2D eigenvalue weighted by Crippen LogP contribution is -2.49. The Kier molecular flexibility index (Phi) is 3.26. The van der Waals surface area contributed by atoms with Gasteiger partial charge in [-0.15, -0.1) is 0 Å². The standard InChI is InChI=1S/C11H11N2O3/c14-8-13-5-6-16-7-10(13)11(15)9-3-1-2-4-12-9/h1-4,10H,5-7H2. The second kappa shape index (κ2) is 4.85. The van der Waals surface area contributed by atoms with Crippen molar-refractivity contribution in [2.45, 2.75) is 6.04 Å². The maximum Gasteiger partial charge on any atom is 0.312 e. The molecule has 1 unspecified atom stereocenters. The zero-order valence-corrected chi connectivity index (χ0v) is 8.63. The third-order valence-corrected chi connectivity index (χ3v) is 2.47. The van der Waals surface area contributed by atoms with Gasteiger partial charge in [-0.2, -0.15) is 0 Å². The Morgan fingerprint density at radius 1 is 1.56 bits per heavy atom.